The van der Waals surface area contributed by atoms with Crippen LogP contribution in [0.25, 0.3) is 10.9 Å². The Balaban J connectivity index is 1.48. The second-order valence-corrected chi connectivity index (χ2v) is 11.4. The predicted molar refractivity (Wildman–Crippen MR) is 127 cm³/mol. The molecule has 1 fully saturated rings. The van der Waals surface area contributed by atoms with Gasteiger partial charge in [0, 0.05) is 35.9 Å². The molecule has 7 nitrogen and oxygen atoms in total. The molecule has 0 radical (unpaired) electrons. The number of hydrogen-bond acceptors (Lipinski definition) is 5. The van der Waals surface area contributed by atoms with Gasteiger partial charge in [0.2, 0.25) is 5.91 Å². The molecule has 33 heavy (non-hydrogen) atoms. The summed E-state index contributed by atoms with van der Waals surface area (Å²) in [6.07, 6.45) is 3.81. The van der Waals surface area contributed by atoms with Crippen LogP contribution in [-0.2, 0) is 21.2 Å². The summed E-state index contributed by atoms with van der Waals surface area (Å²) in [6.45, 7) is 1.84. The van der Waals surface area contributed by atoms with E-state index in [-0.39, 0.29) is 19.6 Å². The third-order valence-electron chi connectivity index (χ3n) is 6.63. The molecule has 1 heterocycles. The molecule has 1 aromatic heterocycles. The number of aliphatic hydroxyl groups excluding tert-OH is 1. The summed E-state index contributed by atoms with van der Waals surface area (Å²) >= 11 is 0. The van der Waals surface area contributed by atoms with Crippen molar-refractivity contribution in [2.45, 2.75) is 37.0 Å². The Morgan fingerprint density at radius 3 is 2.48 bits per heavy atom. The van der Waals surface area contributed by atoms with Crippen molar-refractivity contribution in [1.29, 1.82) is 0 Å². The quantitative estimate of drug-likeness (QED) is 0.519. The maximum atomic E-state index is 12.1. The predicted octanol–water partition coefficient (Wildman–Crippen LogP) is 2.21. The van der Waals surface area contributed by atoms with Crippen molar-refractivity contribution >= 4 is 26.6 Å². The van der Waals surface area contributed by atoms with E-state index in [1.165, 1.54) is 12.5 Å². The van der Waals surface area contributed by atoms with Gasteiger partial charge in [-0.1, -0.05) is 24.0 Å². The van der Waals surface area contributed by atoms with Crippen LogP contribution in [-0.4, -0.2) is 46.8 Å². The largest absolute Gasteiger partial charge is 0.396 e. The average molecular weight is 466 g/mol. The topological polar surface area (TPSA) is 115 Å². The highest BCUT2D eigenvalue weighted by molar-refractivity contribution is 7.92. The van der Waals surface area contributed by atoms with E-state index in [4.69, 9.17) is 5.73 Å². The number of aliphatic hydroxyl groups is 1. The Labute approximate surface area is 193 Å². The Hall–Kier alpha value is -3.15. The van der Waals surface area contributed by atoms with Crippen LogP contribution >= 0.6 is 0 Å². The number of carbonyl (C=O) groups is 1. The summed E-state index contributed by atoms with van der Waals surface area (Å²) in [4.78, 5) is 11.8. The minimum Gasteiger partial charge on any atom is -0.396 e. The van der Waals surface area contributed by atoms with E-state index in [0.717, 1.165) is 34.7 Å². The van der Waals surface area contributed by atoms with Gasteiger partial charge in [0.05, 0.1) is 11.7 Å². The lowest BCUT2D eigenvalue weighted by Gasteiger charge is -2.23. The lowest BCUT2D eigenvalue weighted by Crippen LogP contribution is -2.48. The fraction of sp³-hybridized carbons (Fsp3) is 0.360. The molecular formula is C25H27N3O4S. The monoisotopic (exact) mass is 465 g/mol. The molecule has 0 aliphatic heterocycles. The smallest absolute Gasteiger partial charge is 0.238 e. The molecular weight excluding hydrogens is 438 g/mol. The van der Waals surface area contributed by atoms with Crippen molar-refractivity contribution in [1.82, 2.24) is 9.78 Å². The SMILES string of the molecule is CC(CCn1ncc2cc(C#Cc3ccc(C4C[C@@H]4CO)cc3)ccc21)(C(N)=O)S(C)(=O)=O. The van der Waals surface area contributed by atoms with Gasteiger partial charge >= 0.3 is 0 Å². The van der Waals surface area contributed by atoms with Crippen LogP contribution < -0.4 is 5.73 Å². The number of carbonyl (C=O) groups excluding carboxylic acids is 1. The lowest BCUT2D eigenvalue weighted by molar-refractivity contribution is -0.120. The van der Waals surface area contributed by atoms with Gasteiger partial charge in [0.15, 0.2) is 9.84 Å². The van der Waals surface area contributed by atoms with Crippen LogP contribution in [0.5, 0.6) is 0 Å². The number of nitrogens with zero attached hydrogens (tertiary/aromatic N) is 2. The van der Waals surface area contributed by atoms with E-state index in [9.17, 15) is 18.3 Å². The van der Waals surface area contributed by atoms with E-state index in [0.29, 0.717) is 11.8 Å². The third kappa shape index (κ3) is 4.65. The molecule has 0 saturated heterocycles. The minimum absolute atomic E-state index is 0.0371. The van der Waals surface area contributed by atoms with E-state index in [2.05, 4.69) is 29.1 Å². The number of hydrogen-bond donors (Lipinski definition) is 2. The number of primary amides is 1. The number of aromatic nitrogens is 2. The van der Waals surface area contributed by atoms with Crippen LogP contribution in [0.3, 0.4) is 0 Å². The maximum Gasteiger partial charge on any atom is 0.238 e. The summed E-state index contributed by atoms with van der Waals surface area (Å²) in [6, 6.07) is 13.9. The molecule has 4 rings (SSSR count). The van der Waals surface area contributed by atoms with Crippen molar-refractivity contribution in [3.63, 3.8) is 0 Å². The highest BCUT2D eigenvalue weighted by Crippen LogP contribution is 2.46. The van der Waals surface area contributed by atoms with E-state index in [1.54, 1.807) is 10.9 Å². The number of benzene rings is 2. The summed E-state index contributed by atoms with van der Waals surface area (Å²) in [5, 5.41) is 14.5. The van der Waals surface area contributed by atoms with Crippen molar-refractivity contribution in [2.75, 3.05) is 12.9 Å². The first-order valence-electron chi connectivity index (χ1n) is 10.8. The third-order valence-corrected chi connectivity index (χ3v) is 8.67. The zero-order valence-corrected chi connectivity index (χ0v) is 19.5. The first-order chi connectivity index (χ1) is 15.6. The second-order valence-electron chi connectivity index (χ2n) is 8.92. The van der Waals surface area contributed by atoms with Gasteiger partial charge in [-0.05, 0) is 67.5 Å². The van der Waals surface area contributed by atoms with E-state index >= 15 is 0 Å². The molecule has 2 aromatic carbocycles. The Bertz CT molecular complexity index is 1370. The van der Waals surface area contributed by atoms with Crippen LogP contribution in [0.1, 0.15) is 42.4 Å². The zero-order valence-electron chi connectivity index (χ0n) is 18.7. The molecule has 0 bridgehead atoms. The fourth-order valence-electron chi connectivity index (χ4n) is 3.97. The van der Waals surface area contributed by atoms with Gasteiger partial charge in [-0.25, -0.2) is 8.42 Å². The van der Waals surface area contributed by atoms with Crippen LogP contribution in [0.15, 0.2) is 48.7 Å². The standard InChI is InChI=1S/C25H27N3O4S/c1-25(24(26)30,33(2,31)32)11-12-28-23-10-7-18(13-20(23)15-27-28)4-3-17-5-8-19(9-6-17)22-14-21(22)16-29/h5-10,13,15,21-22,29H,11-12,14,16H2,1-2H3,(H2,26,30)/t21-,22?,25?/m1/s1. The van der Waals surface area contributed by atoms with Crippen LogP contribution in [0, 0.1) is 17.8 Å². The molecule has 1 saturated carbocycles. The number of aryl methyl sites for hydroxylation is 1. The van der Waals surface area contributed by atoms with Gasteiger partial charge in [-0.2, -0.15) is 5.10 Å². The first-order valence-corrected chi connectivity index (χ1v) is 12.7. The van der Waals surface area contributed by atoms with E-state index < -0.39 is 20.5 Å². The van der Waals surface area contributed by atoms with Crippen molar-refractivity contribution in [3.8, 4) is 11.8 Å². The zero-order chi connectivity index (χ0) is 23.8. The average Bonchev–Trinajstić information content (AvgIpc) is 3.47. The Morgan fingerprint density at radius 2 is 1.88 bits per heavy atom. The van der Waals surface area contributed by atoms with Crippen molar-refractivity contribution in [2.24, 2.45) is 11.7 Å². The molecule has 0 spiro atoms. The van der Waals surface area contributed by atoms with E-state index in [1.807, 2.05) is 30.3 Å². The summed E-state index contributed by atoms with van der Waals surface area (Å²) in [5.74, 6) is 6.34. The number of fused-ring (bicyclic) bond motifs is 1. The van der Waals surface area contributed by atoms with Crippen LogP contribution in [0.4, 0.5) is 0 Å². The highest BCUT2D eigenvalue weighted by atomic mass is 32.2. The Kier molecular flexibility index (Phi) is 6.04. The normalized spacial score (nSPS) is 19.5. The fourth-order valence-corrected chi connectivity index (χ4v) is 4.80. The molecule has 8 heteroatoms. The molecule has 1 aliphatic carbocycles. The lowest BCUT2D eigenvalue weighted by atomic mass is 10.1. The number of amides is 1. The Morgan fingerprint density at radius 1 is 1.21 bits per heavy atom. The van der Waals surface area contributed by atoms with Crippen molar-refractivity contribution in [3.05, 3.63) is 65.4 Å². The van der Waals surface area contributed by atoms with Gasteiger partial charge in [-0.15, -0.1) is 0 Å². The molecule has 3 atom stereocenters. The van der Waals surface area contributed by atoms with Crippen LogP contribution in [0.2, 0.25) is 0 Å². The number of rotatable bonds is 7. The molecule has 1 amide bonds. The molecule has 2 unspecified atom stereocenters. The molecule has 3 N–H and O–H groups in total. The maximum absolute atomic E-state index is 12.1. The minimum atomic E-state index is -3.66. The first kappa shape index (κ1) is 23.0. The molecule has 172 valence electrons. The second kappa shape index (κ2) is 8.65. The van der Waals surface area contributed by atoms with Crippen molar-refractivity contribution < 1.29 is 18.3 Å². The molecule has 3 aromatic rings. The summed E-state index contributed by atoms with van der Waals surface area (Å²) < 4.78 is 24.2. The van der Waals surface area contributed by atoms with Gasteiger partial charge < -0.3 is 10.8 Å². The molecule has 1 aliphatic rings. The summed E-state index contributed by atoms with van der Waals surface area (Å²) in [7, 11) is -3.66. The number of sulfone groups is 1. The van der Waals surface area contributed by atoms with Gasteiger partial charge in [-0.3, -0.25) is 9.48 Å². The number of nitrogens with two attached hydrogens (primary N) is 1. The van der Waals surface area contributed by atoms with Gasteiger partial charge in [0.25, 0.3) is 0 Å². The highest BCUT2D eigenvalue weighted by Gasteiger charge is 2.41. The van der Waals surface area contributed by atoms with Gasteiger partial charge in [0.1, 0.15) is 4.75 Å². The summed E-state index contributed by atoms with van der Waals surface area (Å²) in [5.41, 5.74) is 9.21.